The molecule has 2 N–H and O–H groups in total. The van der Waals surface area contributed by atoms with Crippen molar-refractivity contribution < 1.29 is 9.90 Å². The number of hydrogen-bond donors (Lipinski definition) is 2. The summed E-state index contributed by atoms with van der Waals surface area (Å²) in [5, 5.41) is 12.2. The molecule has 0 aliphatic heterocycles. The molecule has 0 fully saturated rings. The molecule has 1 aromatic rings. The number of carbonyl (C=O) groups is 1. The molecule has 19 heavy (non-hydrogen) atoms. The number of hydrogen-bond acceptors (Lipinski definition) is 3. The van der Waals surface area contributed by atoms with Gasteiger partial charge in [0.1, 0.15) is 0 Å². The van der Waals surface area contributed by atoms with Crippen LogP contribution in [0.5, 0.6) is 0 Å². The SMILES string of the molecule is CC(C)C(CNCc1ccc(C(=O)O)cc1)N(C)C. The lowest BCUT2D eigenvalue weighted by Gasteiger charge is -2.28. The monoisotopic (exact) mass is 264 g/mol. The molecule has 4 heteroatoms. The highest BCUT2D eigenvalue weighted by Gasteiger charge is 2.14. The van der Waals surface area contributed by atoms with Crippen LogP contribution in [0.1, 0.15) is 29.8 Å². The first-order valence-corrected chi connectivity index (χ1v) is 6.61. The maximum Gasteiger partial charge on any atom is 0.335 e. The van der Waals surface area contributed by atoms with Gasteiger partial charge < -0.3 is 15.3 Å². The zero-order chi connectivity index (χ0) is 14.4. The van der Waals surface area contributed by atoms with Gasteiger partial charge >= 0.3 is 5.97 Å². The predicted molar refractivity (Wildman–Crippen MR) is 77.4 cm³/mol. The smallest absolute Gasteiger partial charge is 0.335 e. The van der Waals surface area contributed by atoms with E-state index < -0.39 is 5.97 Å². The second-order valence-corrected chi connectivity index (χ2v) is 5.41. The Balaban J connectivity index is 2.46. The molecule has 1 rings (SSSR count). The van der Waals surface area contributed by atoms with E-state index >= 15 is 0 Å². The largest absolute Gasteiger partial charge is 0.478 e. The number of carboxylic acid groups (broad SMARTS) is 1. The minimum atomic E-state index is -0.882. The van der Waals surface area contributed by atoms with Crippen LogP contribution < -0.4 is 5.32 Å². The molecule has 0 saturated heterocycles. The van der Waals surface area contributed by atoms with E-state index in [2.05, 4.69) is 38.2 Å². The normalized spacial score (nSPS) is 12.9. The van der Waals surface area contributed by atoms with Gasteiger partial charge in [0.2, 0.25) is 0 Å². The van der Waals surface area contributed by atoms with Crippen LogP contribution >= 0.6 is 0 Å². The number of nitrogens with one attached hydrogen (secondary N) is 1. The van der Waals surface area contributed by atoms with Crippen molar-refractivity contribution in [1.29, 1.82) is 0 Å². The lowest BCUT2D eigenvalue weighted by atomic mass is 10.0. The molecule has 1 aromatic carbocycles. The van der Waals surface area contributed by atoms with E-state index in [1.807, 2.05) is 12.1 Å². The standard InChI is InChI=1S/C15H24N2O2/c1-11(2)14(17(3)4)10-16-9-12-5-7-13(8-6-12)15(18)19/h5-8,11,14,16H,9-10H2,1-4H3,(H,18,19). The van der Waals surface area contributed by atoms with Crippen molar-refractivity contribution in [3.8, 4) is 0 Å². The van der Waals surface area contributed by atoms with Crippen LogP contribution in [0.15, 0.2) is 24.3 Å². The summed E-state index contributed by atoms with van der Waals surface area (Å²) in [6.07, 6.45) is 0. The Kier molecular flexibility index (Phi) is 5.99. The first kappa shape index (κ1) is 15.7. The molecule has 0 radical (unpaired) electrons. The Morgan fingerprint density at radius 3 is 2.26 bits per heavy atom. The molecule has 0 aliphatic carbocycles. The summed E-state index contributed by atoms with van der Waals surface area (Å²) in [4.78, 5) is 13.0. The number of likely N-dealkylation sites (N-methyl/N-ethyl adjacent to an activating group) is 1. The first-order chi connectivity index (χ1) is 8.91. The molecular formula is C15H24N2O2. The van der Waals surface area contributed by atoms with Crippen molar-refractivity contribution in [3.63, 3.8) is 0 Å². The molecule has 1 atom stereocenters. The fourth-order valence-corrected chi connectivity index (χ4v) is 2.14. The van der Waals surface area contributed by atoms with Crippen LogP contribution in [0.4, 0.5) is 0 Å². The molecule has 4 nitrogen and oxygen atoms in total. The fraction of sp³-hybridized carbons (Fsp3) is 0.533. The zero-order valence-corrected chi connectivity index (χ0v) is 12.2. The van der Waals surface area contributed by atoms with Gasteiger partial charge in [-0.1, -0.05) is 26.0 Å². The number of carboxylic acids is 1. The minimum Gasteiger partial charge on any atom is -0.478 e. The van der Waals surface area contributed by atoms with Gasteiger partial charge in [-0.3, -0.25) is 0 Å². The summed E-state index contributed by atoms with van der Waals surface area (Å²) in [5.41, 5.74) is 1.43. The van der Waals surface area contributed by atoms with Crippen molar-refractivity contribution in [3.05, 3.63) is 35.4 Å². The molecule has 1 unspecified atom stereocenters. The van der Waals surface area contributed by atoms with E-state index in [-0.39, 0.29) is 0 Å². The number of benzene rings is 1. The van der Waals surface area contributed by atoms with Crippen molar-refractivity contribution in [2.75, 3.05) is 20.6 Å². The first-order valence-electron chi connectivity index (χ1n) is 6.61. The maximum absolute atomic E-state index is 10.7. The van der Waals surface area contributed by atoms with Crippen LogP contribution in [0, 0.1) is 5.92 Å². The molecular weight excluding hydrogens is 240 g/mol. The number of rotatable bonds is 7. The van der Waals surface area contributed by atoms with Gasteiger partial charge in [0, 0.05) is 19.1 Å². The minimum absolute atomic E-state index is 0.331. The molecule has 0 bridgehead atoms. The fourth-order valence-electron chi connectivity index (χ4n) is 2.14. The Labute approximate surface area is 115 Å². The van der Waals surface area contributed by atoms with Crippen LogP contribution in [-0.4, -0.2) is 42.7 Å². The average molecular weight is 264 g/mol. The summed E-state index contributed by atoms with van der Waals surface area (Å²) >= 11 is 0. The molecule has 0 saturated carbocycles. The predicted octanol–water partition coefficient (Wildman–Crippen LogP) is 2.06. The average Bonchev–Trinajstić information content (AvgIpc) is 2.34. The third-order valence-electron chi connectivity index (χ3n) is 3.32. The van der Waals surface area contributed by atoms with E-state index in [0.29, 0.717) is 17.5 Å². The van der Waals surface area contributed by atoms with Crippen LogP contribution in [0.25, 0.3) is 0 Å². The summed E-state index contributed by atoms with van der Waals surface area (Å²) in [6.45, 7) is 6.12. The Morgan fingerprint density at radius 1 is 1.26 bits per heavy atom. The van der Waals surface area contributed by atoms with Crippen molar-refractivity contribution in [1.82, 2.24) is 10.2 Å². The Bertz CT molecular complexity index is 391. The van der Waals surface area contributed by atoms with Crippen LogP contribution in [-0.2, 0) is 6.54 Å². The van der Waals surface area contributed by atoms with E-state index in [0.717, 1.165) is 18.7 Å². The quantitative estimate of drug-likeness (QED) is 0.791. The number of nitrogens with zero attached hydrogens (tertiary/aromatic N) is 1. The molecule has 0 aromatic heterocycles. The molecule has 0 aliphatic rings. The highest BCUT2D eigenvalue weighted by molar-refractivity contribution is 5.87. The highest BCUT2D eigenvalue weighted by atomic mass is 16.4. The van der Waals surface area contributed by atoms with Gasteiger partial charge in [-0.25, -0.2) is 4.79 Å². The molecule has 0 spiro atoms. The Hall–Kier alpha value is -1.39. The van der Waals surface area contributed by atoms with Crippen LogP contribution in [0.2, 0.25) is 0 Å². The Morgan fingerprint density at radius 2 is 1.84 bits per heavy atom. The van der Waals surface area contributed by atoms with Gasteiger partial charge in [0.05, 0.1) is 5.56 Å². The van der Waals surface area contributed by atoms with Gasteiger partial charge in [0.25, 0.3) is 0 Å². The van der Waals surface area contributed by atoms with E-state index in [4.69, 9.17) is 5.11 Å². The van der Waals surface area contributed by atoms with Gasteiger partial charge in [0.15, 0.2) is 0 Å². The van der Waals surface area contributed by atoms with Gasteiger partial charge in [-0.2, -0.15) is 0 Å². The zero-order valence-electron chi connectivity index (χ0n) is 12.2. The maximum atomic E-state index is 10.7. The topological polar surface area (TPSA) is 52.6 Å². The molecule has 0 amide bonds. The second kappa shape index (κ2) is 7.26. The molecule has 0 heterocycles. The van der Waals surface area contributed by atoms with E-state index in [1.54, 1.807) is 12.1 Å². The highest BCUT2D eigenvalue weighted by Crippen LogP contribution is 2.07. The van der Waals surface area contributed by atoms with Crippen molar-refractivity contribution >= 4 is 5.97 Å². The lowest BCUT2D eigenvalue weighted by Crippen LogP contribution is -2.41. The second-order valence-electron chi connectivity index (χ2n) is 5.41. The van der Waals surface area contributed by atoms with Crippen LogP contribution in [0.3, 0.4) is 0 Å². The van der Waals surface area contributed by atoms with Gasteiger partial charge in [-0.05, 0) is 37.7 Å². The summed E-state index contributed by atoms with van der Waals surface area (Å²) in [6, 6.07) is 7.50. The lowest BCUT2D eigenvalue weighted by molar-refractivity contribution is 0.0697. The van der Waals surface area contributed by atoms with E-state index in [9.17, 15) is 4.79 Å². The van der Waals surface area contributed by atoms with Gasteiger partial charge in [-0.15, -0.1) is 0 Å². The van der Waals surface area contributed by atoms with Crippen molar-refractivity contribution in [2.45, 2.75) is 26.4 Å². The summed E-state index contributed by atoms with van der Waals surface area (Å²) in [5.74, 6) is -0.288. The third kappa shape index (κ3) is 5.01. The third-order valence-corrected chi connectivity index (χ3v) is 3.32. The number of aromatic carboxylic acids is 1. The molecule has 106 valence electrons. The van der Waals surface area contributed by atoms with E-state index in [1.165, 1.54) is 0 Å². The summed E-state index contributed by atoms with van der Waals surface area (Å²) < 4.78 is 0. The summed E-state index contributed by atoms with van der Waals surface area (Å²) in [7, 11) is 4.18. The van der Waals surface area contributed by atoms with Crippen molar-refractivity contribution in [2.24, 2.45) is 5.92 Å².